The first-order valence-electron chi connectivity index (χ1n) is 8.74. The number of nitrogens with zero attached hydrogens (tertiary/aromatic N) is 3. The van der Waals surface area contributed by atoms with E-state index in [-0.39, 0.29) is 17.4 Å². The standard InChI is InChI=1S/C20H24N4O/c1-20(2,3)19(25)22-15-8-10-24(11-9-15)18-12-14(13-21)16-6-4-5-7-17(16)23-18/h4-7,12,15H,8-11H2,1-3H3,(H,22,25). The van der Waals surface area contributed by atoms with Crippen LogP contribution in [0.4, 0.5) is 5.82 Å². The molecule has 1 aromatic carbocycles. The van der Waals surface area contributed by atoms with Crippen molar-refractivity contribution < 1.29 is 4.79 Å². The van der Waals surface area contributed by atoms with E-state index in [2.05, 4.69) is 16.3 Å². The fourth-order valence-corrected chi connectivity index (χ4v) is 3.07. The lowest BCUT2D eigenvalue weighted by Gasteiger charge is -2.34. The first-order valence-corrected chi connectivity index (χ1v) is 8.74. The number of carbonyl (C=O) groups excluding carboxylic acids is 1. The number of pyridine rings is 1. The fraction of sp³-hybridized carbons (Fsp3) is 0.450. The number of nitriles is 1. The van der Waals surface area contributed by atoms with Crippen molar-refractivity contribution in [3.63, 3.8) is 0 Å². The molecule has 1 saturated heterocycles. The minimum atomic E-state index is -0.362. The van der Waals surface area contributed by atoms with Gasteiger partial charge < -0.3 is 10.2 Å². The number of amides is 1. The molecule has 0 atom stereocenters. The van der Waals surface area contributed by atoms with Gasteiger partial charge >= 0.3 is 0 Å². The first kappa shape index (κ1) is 17.2. The van der Waals surface area contributed by atoms with E-state index in [1.165, 1.54) is 0 Å². The Hall–Kier alpha value is -2.61. The van der Waals surface area contributed by atoms with Crippen LogP contribution in [0.3, 0.4) is 0 Å². The molecule has 0 saturated carbocycles. The summed E-state index contributed by atoms with van der Waals surface area (Å²) < 4.78 is 0. The van der Waals surface area contributed by atoms with Crippen LogP contribution in [0.2, 0.25) is 0 Å². The van der Waals surface area contributed by atoms with Crippen molar-refractivity contribution in [3.8, 4) is 6.07 Å². The summed E-state index contributed by atoms with van der Waals surface area (Å²) in [6, 6.07) is 12.1. The molecule has 1 fully saturated rings. The van der Waals surface area contributed by atoms with E-state index in [0.29, 0.717) is 5.56 Å². The number of hydrogen-bond acceptors (Lipinski definition) is 4. The maximum absolute atomic E-state index is 12.1. The normalized spacial score (nSPS) is 15.8. The van der Waals surface area contributed by atoms with Crippen LogP contribution in [-0.4, -0.2) is 30.0 Å². The fourth-order valence-electron chi connectivity index (χ4n) is 3.07. The van der Waals surface area contributed by atoms with Crippen LogP contribution in [0.15, 0.2) is 30.3 Å². The molecule has 25 heavy (non-hydrogen) atoms. The van der Waals surface area contributed by atoms with Crippen molar-refractivity contribution in [1.82, 2.24) is 10.3 Å². The molecule has 1 aliphatic rings. The number of anilines is 1. The summed E-state index contributed by atoms with van der Waals surface area (Å²) in [4.78, 5) is 19.1. The predicted molar refractivity (Wildman–Crippen MR) is 99.3 cm³/mol. The summed E-state index contributed by atoms with van der Waals surface area (Å²) in [7, 11) is 0. The first-order chi connectivity index (χ1) is 11.9. The molecule has 0 aliphatic carbocycles. The number of fused-ring (bicyclic) bond motifs is 1. The number of nitrogens with one attached hydrogen (secondary N) is 1. The highest BCUT2D eigenvalue weighted by atomic mass is 16.2. The highest BCUT2D eigenvalue weighted by molar-refractivity contribution is 5.86. The Balaban J connectivity index is 1.72. The van der Waals surface area contributed by atoms with Gasteiger partial charge in [0.25, 0.3) is 0 Å². The van der Waals surface area contributed by atoms with Gasteiger partial charge in [0.15, 0.2) is 0 Å². The molecular weight excluding hydrogens is 312 g/mol. The number of hydrogen-bond donors (Lipinski definition) is 1. The largest absolute Gasteiger partial charge is 0.356 e. The highest BCUT2D eigenvalue weighted by Crippen LogP contribution is 2.25. The van der Waals surface area contributed by atoms with Crippen LogP contribution in [0.1, 0.15) is 39.2 Å². The van der Waals surface area contributed by atoms with Gasteiger partial charge in [-0.1, -0.05) is 39.0 Å². The number of para-hydroxylation sites is 1. The molecule has 0 spiro atoms. The van der Waals surface area contributed by atoms with E-state index in [0.717, 1.165) is 42.7 Å². The van der Waals surface area contributed by atoms with Crippen LogP contribution in [0, 0.1) is 16.7 Å². The zero-order valence-electron chi connectivity index (χ0n) is 15.0. The third-order valence-electron chi connectivity index (χ3n) is 4.66. The number of rotatable bonds is 2. The molecule has 5 heteroatoms. The molecule has 5 nitrogen and oxygen atoms in total. The third-order valence-corrected chi connectivity index (χ3v) is 4.66. The van der Waals surface area contributed by atoms with Crippen molar-refractivity contribution in [3.05, 3.63) is 35.9 Å². The minimum Gasteiger partial charge on any atom is -0.356 e. The second-order valence-corrected chi connectivity index (χ2v) is 7.64. The molecule has 2 heterocycles. The van der Waals surface area contributed by atoms with Gasteiger partial charge in [-0.05, 0) is 25.0 Å². The average molecular weight is 336 g/mol. The van der Waals surface area contributed by atoms with Gasteiger partial charge in [-0.3, -0.25) is 4.79 Å². The second-order valence-electron chi connectivity index (χ2n) is 7.64. The van der Waals surface area contributed by atoms with E-state index >= 15 is 0 Å². The number of benzene rings is 1. The monoisotopic (exact) mass is 336 g/mol. The minimum absolute atomic E-state index is 0.0987. The lowest BCUT2D eigenvalue weighted by atomic mass is 9.94. The van der Waals surface area contributed by atoms with Crippen molar-refractivity contribution >= 4 is 22.6 Å². The topological polar surface area (TPSA) is 69.0 Å². The van der Waals surface area contributed by atoms with E-state index in [1.54, 1.807) is 0 Å². The summed E-state index contributed by atoms with van der Waals surface area (Å²) >= 11 is 0. The Labute approximate surface area is 148 Å². The van der Waals surface area contributed by atoms with Gasteiger partial charge in [-0.15, -0.1) is 0 Å². The number of piperidine rings is 1. The van der Waals surface area contributed by atoms with Gasteiger partial charge in [0.1, 0.15) is 5.82 Å². The maximum atomic E-state index is 12.1. The molecule has 1 amide bonds. The lowest BCUT2D eigenvalue weighted by Crippen LogP contribution is -2.47. The van der Waals surface area contributed by atoms with Crippen molar-refractivity contribution in [1.29, 1.82) is 5.26 Å². The summed E-state index contributed by atoms with van der Waals surface area (Å²) in [5, 5.41) is 13.5. The van der Waals surface area contributed by atoms with Gasteiger partial charge in [-0.2, -0.15) is 5.26 Å². The molecule has 0 radical (unpaired) electrons. The van der Waals surface area contributed by atoms with Crippen LogP contribution >= 0.6 is 0 Å². The van der Waals surface area contributed by atoms with E-state index < -0.39 is 0 Å². The molecule has 0 bridgehead atoms. The number of aromatic nitrogens is 1. The second kappa shape index (κ2) is 6.72. The summed E-state index contributed by atoms with van der Waals surface area (Å²) in [6.07, 6.45) is 1.77. The molecule has 0 unspecified atom stereocenters. The Morgan fingerprint density at radius 3 is 2.60 bits per heavy atom. The average Bonchev–Trinajstić information content (AvgIpc) is 2.60. The van der Waals surface area contributed by atoms with Crippen molar-refractivity contribution in [2.24, 2.45) is 5.41 Å². The van der Waals surface area contributed by atoms with Gasteiger partial charge in [0.05, 0.1) is 17.1 Å². The summed E-state index contributed by atoms with van der Waals surface area (Å²) in [6.45, 7) is 7.44. The van der Waals surface area contributed by atoms with E-state index in [9.17, 15) is 10.1 Å². The molecule has 2 aromatic rings. The number of carbonyl (C=O) groups is 1. The predicted octanol–water partition coefficient (Wildman–Crippen LogP) is 3.24. The SMILES string of the molecule is CC(C)(C)C(=O)NC1CCN(c2cc(C#N)c3ccccc3n2)CC1. The highest BCUT2D eigenvalue weighted by Gasteiger charge is 2.27. The van der Waals surface area contributed by atoms with E-state index in [1.807, 2.05) is 51.1 Å². The molecule has 1 aromatic heterocycles. The van der Waals surface area contributed by atoms with Crippen LogP contribution in [-0.2, 0) is 4.79 Å². The van der Waals surface area contributed by atoms with Crippen LogP contribution in [0.5, 0.6) is 0 Å². The summed E-state index contributed by atoms with van der Waals surface area (Å²) in [5.74, 6) is 0.942. The Bertz CT molecular complexity index is 824. The maximum Gasteiger partial charge on any atom is 0.225 e. The smallest absolute Gasteiger partial charge is 0.225 e. The summed E-state index contributed by atoms with van der Waals surface area (Å²) in [5.41, 5.74) is 1.14. The van der Waals surface area contributed by atoms with Crippen molar-refractivity contribution in [2.45, 2.75) is 39.7 Å². The lowest BCUT2D eigenvalue weighted by molar-refractivity contribution is -0.129. The van der Waals surface area contributed by atoms with E-state index in [4.69, 9.17) is 4.98 Å². The molecular formula is C20H24N4O. The molecule has 1 N–H and O–H groups in total. The van der Waals surface area contributed by atoms with Crippen molar-refractivity contribution in [2.75, 3.05) is 18.0 Å². The quantitative estimate of drug-likeness (QED) is 0.914. The Morgan fingerprint density at radius 1 is 1.28 bits per heavy atom. The molecule has 3 rings (SSSR count). The van der Waals surface area contributed by atoms with Gasteiger partial charge in [0, 0.05) is 29.9 Å². The third kappa shape index (κ3) is 3.74. The molecule has 130 valence electrons. The zero-order valence-corrected chi connectivity index (χ0v) is 15.0. The zero-order chi connectivity index (χ0) is 18.0. The van der Waals surface area contributed by atoms with Gasteiger partial charge in [-0.25, -0.2) is 4.98 Å². The Morgan fingerprint density at radius 2 is 1.96 bits per heavy atom. The Kier molecular flexibility index (Phi) is 4.63. The molecule has 1 aliphatic heterocycles. The van der Waals surface area contributed by atoms with Crippen LogP contribution < -0.4 is 10.2 Å². The van der Waals surface area contributed by atoms with Crippen LogP contribution in [0.25, 0.3) is 10.9 Å². The van der Waals surface area contributed by atoms with Gasteiger partial charge in [0.2, 0.25) is 5.91 Å².